The van der Waals surface area contributed by atoms with Gasteiger partial charge in [0.15, 0.2) is 0 Å². The van der Waals surface area contributed by atoms with Crippen LogP contribution in [0.1, 0.15) is 44.9 Å². The summed E-state index contributed by atoms with van der Waals surface area (Å²) in [7, 11) is 0. The molecule has 16 heavy (non-hydrogen) atoms. The molecule has 2 aliphatic heterocycles. The molecule has 1 aliphatic carbocycles. The maximum Gasteiger partial charge on any atom is 0.0195 e. The Morgan fingerprint density at radius 3 is 2.62 bits per heavy atom. The summed E-state index contributed by atoms with van der Waals surface area (Å²) < 4.78 is 0. The summed E-state index contributed by atoms with van der Waals surface area (Å²) in [5.74, 6) is 2.13. The lowest BCUT2D eigenvalue weighted by Gasteiger charge is -2.42. The predicted molar refractivity (Wildman–Crippen MR) is 67.5 cm³/mol. The highest BCUT2D eigenvalue weighted by atomic mass is 15.2. The van der Waals surface area contributed by atoms with Gasteiger partial charge in [0.2, 0.25) is 0 Å². The van der Waals surface area contributed by atoms with E-state index in [4.69, 9.17) is 0 Å². The number of piperidine rings is 1. The van der Waals surface area contributed by atoms with Crippen molar-refractivity contribution in [1.82, 2.24) is 10.2 Å². The minimum Gasteiger partial charge on any atom is -0.313 e. The summed E-state index contributed by atoms with van der Waals surface area (Å²) in [6.07, 6.45) is 10.3. The maximum atomic E-state index is 3.63. The molecule has 2 nitrogen and oxygen atoms in total. The molecular formula is C14H26N2. The third kappa shape index (κ3) is 2.43. The predicted octanol–water partition coefficient (Wildman–Crippen LogP) is 2.25. The van der Waals surface area contributed by atoms with Crippen LogP contribution in [0.15, 0.2) is 0 Å². The molecule has 0 aromatic rings. The average Bonchev–Trinajstić information content (AvgIpc) is 2.82. The Morgan fingerprint density at radius 1 is 0.938 bits per heavy atom. The molecule has 0 radical (unpaired) electrons. The standard InChI is InChI=1S/C14H26N2/c1-2-5-13-10-16(9-7-12(13)4-1)11-14-6-3-8-15-14/h12-15H,1-11H2/t12?,13?,14-/m1/s1. The molecule has 0 spiro atoms. The summed E-state index contributed by atoms with van der Waals surface area (Å²) in [6, 6.07) is 0.806. The molecule has 1 N–H and O–H groups in total. The Balaban J connectivity index is 1.50. The van der Waals surface area contributed by atoms with Crippen LogP contribution in [0, 0.1) is 11.8 Å². The lowest BCUT2D eigenvalue weighted by molar-refractivity contribution is 0.0814. The molecule has 2 heterocycles. The largest absolute Gasteiger partial charge is 0.313 e. The summed E-state index contributed by atoms with van der Waals surface area (Å²) in [6.45, 7) is 5.36. The molecule has 3 aliphatic rings. The molecule has 2 unspecified atom stereocenters. The Labute approximate surface area is 99.8 Å². The van der Waals surface area contributed by atoms with E-state index in [1.54, 1.807) is 0 Å². The first-order valence-corrected chi connectivity index (χ1v) is 7.37. The van der Waals surface area contributed by atoms with E-state index in [0.717, 1.165) is 17.9 Å². The van der Waals surface area contributed by atoms with Crippen LogP contribution in [0.4, 0.5) is 0 Å². The first-order chi connectivity index (χ1) is 7.92. The first-order valence-electron chi connectivity index (χ1n) is 7.37. The van der Waals surface area contributed by atoms with Gasteiger partial charge in [0.05, 0.1) is 0 Å². The third-order valence-corrected chi connectivity index (χ3v) is 5.02. The van der Waals surface area contributed by atoms with E-state index >= 15 is 0 Å². The van der Waals surface area contributed by atoms with E-state index in [1.165, 1.54) is 71.1 Å². The van der Waals surface area contributed by atoms with Crippen molar-refractivity contribution in [2.45, 2.75) is 51.0 Å². The number of hydrogen-bond donors (Lipinski definition) is 1. The molecule has 2 heteroatoms. The third-order valence-electron chi connectivity index (χ3n) is 5.02. The highest BCUT2D eigenvalue weighted by Crippen LogP contribution is 2.36. The average molecular weight is 222 g/mol. The van der Waals surface area contributed by atoms with E-state index in [9.17, 15) is 0 Å². The van der Waals surface area contributed by atoms with E-state index in [0.29, 0.717) is 0 Å². The molecule has 3 rings (SSSR count). The van der Waals surface area contributed by atoms with Gasteiger partial charge < -0.3 is 10.2 Å². The van der Waals surface area contributed by atoms with Crippen LogP contribution in [0.5, 0.6) is 0 Å². The van der Waals surface area contributed by atoms with Crippen molar-refractivity contribution in [3.05, 3.63) is 0 Å². The van der Waals surface area contributed by atoms with Crippen LogP contribution in [0.2, 0.25) is 0 Å². The summed E-state index contributed by atoms with van der Waals surface area (Å²) >= 11 is 0. The Kier molecular flexibility index (Phi) is 3.49. The summed E-state index contributed by atoms with van der Waals surface area (Å²) in [5.41, 5.74) is 0. The second kappa shape index (κ2) is 5.05. The van der Waals surface area contributed by atoms with Crippen molar-refractivity contribution >= 4 is 0 Å². The van der Waals surface area contributed by atoms with Crippen molar-refractivity contribution in [1.29, 1.82) is 0 Å². The van der Waals surface area contributed by atoms with Crippen LogP contribution < -0.4 is 5.32 Å². The van der Waals surface area contributed by atoms with Crippen LogP contribution in [0.25, 0.3) is 0 Å². The molecule has 0 aromatic carbocycles. The molecule has 3 fully saturated rings. The SMILES string of the molecule is C1CCC2CN(C[C@H]3CCCN3)CCC2C1. The van der Waals surface area contributed by atoms with Crippen molar-refractivity contribution in [3.8, 4) is 0 Å². The molecule has 92 valence electrons. The van der Waals surface area contributed by atoms with Gasteiger partial charge in [-0.25, -0.2) is 0 Å². The van der Waals surface area contributed by atoms with E-state index in [1.807, 2.05) is 0 Å². The number of nitrogens with one attached hydrogen (secondary N) is 1. The number of nitrogens with zero attached hydrogens (tertiary/aromatic N) is 1. The number of rotatable bonds is 2. The van der Waals surface area contributed by atoms with Gasteiger partial charge in [-0.1, -0.05) is 19.3 Å². The summed E-state index contributed by atoms with van der Waals surface area (Å²) in [4.78, 5) is 2.75. The number of hydrogen-bond acceptors (Lipinski definition) is 2. The zero-order valence-corrected chi connectivity index (χ0v) is 10.5. The smallest absolute Gasteiger partial charge is 0.0195 e. The minimum absolute atomic E-state index is 0.806. The Morgan fingerprint density at radius 2 is 1.81 bits per heavy atom. The lowest BCUT2D eigenvalue weighted by Crippen LogP contribution is -2.46. The molecular weight excluding hydrogens is 196 g/mol. The highest BCUT2D eigenvalue weighted by molar-refractivity contribution is 4.86. The normalized spacial score (nSPS) is 40.9. The van der Waals surface area contributed by atoms with Crippen LogP contribution in [-0.4, -0.2) is 37.1 Å². The van der Waals surface area contributed by atoms with Crippen LogP contribution in [-0.2, 0) is 0 Å². The van der Waals surface area contributed by atoms with Crippen molar-refractivity contribution in [2.75, 3.05) is 26.2 Å². The van der Waals surface area contributed by atoms with E-state index in [2.05, 4.69) is 10.2 Å². The van der Waals surface area contributed by atoms with Gasteiger partial charge in [-0.15, -0.1) is 0 Å². The summed E-state index contributed by atoms with van der Waals surface area (Å²) in [5, 5.41) is 3.63. The molecule has 1 saturated carbocycles. The van der Waals surface area contributed by atoms with E-state index < -0.39 is 0 Å². The van der Waals surface area contributed by atoms with E-state index in [-0.39, 0.29) is 0 Å². The van der Waals surface area contributed by atoms with Gasteiger partial charge in [0.25, 0.3) is 0 Å². The van der Waals surface area contributed by atoms with Gasteiger partial charge in [-0.3, -0.25) is 0 Å². The highest BCUT2D eigenvalue weighted by Gasteiger charge is 2.31. The van der Waals surface area contributed by atoms with Crippen LogP contribution >= 0.6 is 0 Å². The Hall–Kier alpha value is -0.0800. The zero-order valence-electron chi connectivity index (χ0n) is 10.5. The molecule has 0 amide bonds. The zero-order chi connectivity index (χ0) is 10.8. The van der Waals surface area contributed by atoms with Crippen molar-refractivity contribution < 1.29 is 0 Å². The van der Waals surface area contributed by atoms with Gasteiger partial charge in [-0.2, -0.15) is 0 Å². The van der Waals surface area contributed by atoms with Gasteiger partial charge in [-0.05, 0) is 50.6 Å². The number of likely N-dealkylation sites (tertiary alicyclic amines) is 1. The van der Waals surface area contributed by atoms with Crippen molar-refractivity contribution in [3.63, 3.8) is 0 Å². The fourth-order valence-electron chi connectivity index (χ4n) is 4.07. The van der Waals surface area contributed by atoms with Gasteiger partial charge >= 0.3 is 0 Å². The van der Waals surface area contributed by atoms with Gasteiger partial charge in [0.1, 0.15) is 0 Å². The Bertz CT molecular complexity index is 223. The fourth-order valence-corrected chi connectivity index (χ4v) is 4.07. The molecule has 0 aromatic heterocycles. The number of fused-ring (bicyclic) bond motifs is 1. The molecule has 2 saturated heterocycles. The maximum absolute atomic E-state index is 3.63. The molecule has 3 atom stereocenters. The fraction of sp³-hybridized carbons (Fsp3) is 1.00. The molecule has 0 bridgehead atoms. The quantitative estimate of drug-likeness (QED) is 0.771. The second-order valence-corrected chi connectivity index (χ2v) is 6.15. The topological polar surface area (TPSA) is 15.3 Å². The first kappa shape index (κ1) is 11.0. The second-order valence-electron chi connectivity index (χ2n) is 6.15. The lowest BCUT2D eigenvalue weighted by atomic mass is 9.75. The van der Waals surface area contributed by atoms with Crippen LogP contribution in [0.3, 0.4) is 0 Å². The van der Waals surface area contributed by atoms with Gasteiger partial charge in [0, 0.05) is 19.1 Å². The monoisotopic (exact) mass is 222 g/mol. The van der Waals surface area contributed by atoms with Crippen molar-refractivity contribution in [2.24, 2.45) is 11.8 Å². The minimum atomic E-state index is 0.806.